The van der Waals surface area contributed by atoms with E-state index in [4.69, 9.17) is 4.74 Å². The molecule has 3 nitrogen and oxygen atoms in total. The van der Waals surface area contributed by atoms with Crippen LogP contribution in [-0.2, 0) is 10.2 Å². The van der Waals surface area contributed by atoms with E-state index in [0.717, 1.165) is 21.4 Å². The molecule has 0 atom stereocenters. The number of carboxylic acids is 1. The Morgan fingerprint density at radius 3 is 2.76 bits per heavy atom. The zero-order valence-corrected chi connectivity index (χ0v) is 10.2. The molecule has 0 unspecified atom stereocenters. The summed E-state index contributed by atoms with van der Waals surface area (Å²) in [5.41, 5.74) is 0.111. The Labute approximate surface area is 103 Å². The molecule has 1 saturated carbocycles. The fourth-order valence-corrected chi connectivity index (χ4v) is 3.12. The van der Waals surface area contributed by atoms with Crippen LogP contribution < -0.4 is 4.74 Å². The van der Waals surface area contributed by atoms with Crippen molar-refractivity contribution in [3.05, 3.63) is 29.1 Å². The minimum Gasteiger partial charge on any atom is -0.496 e. The highest BCUT2D eigenvalue weighted by atomic mass is 32.1. The Kier molecular flexibility index (Phi) is 2.16. The third kappa shape index (κ3) is 1.37. The summed E-state index contributed by atoms with van der Waals surface area (Å²) in [5.74, 6) is -0.0194. The van der Waals surface area contributed by atoms with E-state index in [1.54, 1.807) is 18.4 Å². The predicted molar refractivity (Wildman–Crippen MR) is 66.9 cm³/mol. The van der Waals surface area contributed by atoms with Crippen LogP contribution in [0.25, 0.3) is 10.1 Å². The van der Waals surface area contributed by atoms with E-state index in [1.807, 2.05) is 23.6 Å². The van der Waals surface area contributed by atoms with E-state index in [1.165, 1.54) is 0 Å². The maximum atomic E-state index is 11.4. The van der Waals surface area contributed by atoms with Crippen LogP contribution in [0.5, 0.6) is 5.75 Å². The normalized spacial score (nSPS) is 17.0. The summed E-state index contributed by atoms with van der Waals surface area (Å²) in [6.45, 7) is 0. The Hall–Kier alpha value is -1.55. The SMILES string of the molecule is COc1c(C2(C(=O)O)CC2)ccc2sccc12. The van der Waals surface area contributed by atoms with Crippen molar-refractivity contribution < 1.29 is 14.6 Å². The van der Waals surface area contributed by atoms with Gasteiger partial charge in [-0.3, -0.25) is 4.79 Å². The molecule has 0 amide bonds. The number of methoxy groups -OCH3 is 1. The highest BCUT2D eigenvalue weighted by molar-refractivity contribution is 7.17. The van der Waals surface area contributed by atoms with Gasteiger partial charge in [-0.25, -0.2) is 0 Å². The standard InChI is InChI=1S/C13H12O3S/c1-16-11-8-4-7-17-10(8)3-2-9(11)13(5-6-13)12(14)15/h2-4,7H,5-6H2,1H3,(H,14,15). The number of ether oxygens (including phenoxy) is 1. The molecule has 0 radical (unpaired) electrons. The van der Waals surface area contributed by atoms with Gasteiger partial charge in [-0.15, -0.1) is 11.3 Å². The van der Waals surface area contributed by atoms with Gasteiger partial charge in [0.05, 0.1) is 12.5 Å². The van der Waals surface area contributed by atoms with E-state index in [2.05, 4.69) is 0 Å². The lowest BCUT2D eigenvalue weighted by Crippen LogP contribution is -2.20. The molecule has 1 aromatic heterocycles. The molecule has 3 rings (SSSR count). The smallest absolute Gasteiger partial charge is 0.314 e. The van der Waals surface area contributed by atoms with Crippen molar-refractivity contribution in [2.45, 2.75) is 18.3 Å². The summed E-state index contributed by atoms with van der Waals surface area (Å²) in [6.07, 6.45) is 1.41. The third-order valence-corrected chi connectivity index (χ3v) is 4.35. The van der Waals surface area contributed by atoms with Crippen LogP contribution in [0, 0.1) is 0 Å². The molecule has 2 aromatic rings. The maximum Gasteiger partial charge on any atom is 0.314 e. The molecule has 4 heteroatoms. The number of hydrogen-bond donors (Lipinski definition) is 1. The number of carbonyl (C=O) groups is 1. The molecule has 17 heavy (non-hydrogen) atoms. The van der Waals surface area contributed by atoms with Gasteiger partial charge >= 0.3 is 5.97 Å². The second-order valence-electron chi connectivity index (χ2n) is 4.37. The van der Waals surface area contributed by atoms with E-state index < -0.39 is 11.4 Å². The third-order valence-electron chi connectivity index (χ3n) is 3.46. The summed E-state index contributed by atoms with van der Waals surface area (Å²) >= 11 is 1.64. The van der Waals surface area contributed by atoms with E-state index in [-0.39, 0.29) is 0 Å². The van der Waals surface area contributed by atoms with Crippen LogP contribution in [0.15, 0.2) is 23.6 Å². The second kappa shape index (κ2) is 3.47. The van der Waals surface area contributed by atoms with Gasteiger partial charge in [0.2, 0.25) is 0 Å². The molecular weight excluding hydrogens is 236 g/mol. The first-order chi connectivity index (χ1) is 8.19. The number of hydrogen-bond acceptors (Lipinski definition) is 3. The number of carboxylic acid groups (broad SMARTS) is 1. The lowest BCUT2D eigenvalue weighted by molar-refractivity contribution is -0.140. The van der Waals surface area contributed by atoms with E-state index in [0.29, 0.717) is 12.8 Å². The van der Waals surface area contributed by atoms with Crippen LogP contribution in [0.2, 0.25) is 0 Å². The van der Waals surface area contributed by atoms with Crippen molar-refractivity contribution in [2.24, 2.45) is 0 Å². The van der Waals surface area contributed by atoms with Crippen LogP contribution in [0.1, 0.15) is 18.4 Å². The Morgan fingerprint density at radius 2 is 2.18 bits per heavy atom. The zero-order valence-electron chi connectivity index (χ0n) is 9.40. The quantitative estimate of drug-likeness (QED) is 0.908. The molecule has 1 N–H and O–H groups in total. The van der Waals surface area contributed by atoms with Crippen LogP contribution in [-0.4, -0.2) is 18.2 Å². The predicted octanol–water partition coefficient (Wildman–Crippen LogP) is 3.03. The lowest BCUT2D eigenvalue weighted by Gasteiger charge is -2.15. The van der Waals surface area contributed by atoms with Gasteiger partial charge in [-0.05, 0) is 30.4 Å². The summed E-state index contributed by atoms with van der Waals surface area (Å²) in [4.78, 5) is 11.4. The molecule has 0 bridgehead atoms. The molecule has 0 aliphatic heterocycles. The van der Waals surface area contributed by atoms with Crippen LogP contribution in [0.4, 0.5) is 0 Å². The fraction of sp³-hybridized carbons (Fsp3) is 0.308. The lowest BCUT2D eigenvalue weighted by atomic mass is 9.94. The minimum atomic E-state index is -0.745. The highest BCUT2D eigenvalue weighted by Crippen LogP contribution is 2.53. The van der Waals surface area contributed by atoms with Gasteiger partial charge in [0, 0.05) is 15.6 Å². The van der Waals surface area contributed by atoms with Crippen LogP contribution in [0.3, 0.4) is 0 Å². The first-order valence-corrected chi connectivity index (χ1v) is 6.35. The highest BCUT2D eigenvalue weighted by Gasteiger charge is 2.53. The molecule has 88 valence electrons. The first kappa shape index (κ1) is 10.6. The molecular formula is C13H12O3S. The van der Waals surface area contributed by atoms with E-state index in [9.17, 15) is 9.90 Å². The fourth-order valence-electron chi connectivity index (χ4n) is 2.34. The molecule has 1 aliphatic rings. The molecule has 1 heterocycles. The Bertz CT molecular complexity index is 596. The molecule has 1 aliphatic carbocycles. The monoisotopic (exact) mass is 248 g/mol. The topological polar surface area (TPSA) is 46.5 Å². The molecule has 1 fully saturated rings. The average Bonchev–Trinajstić information content (AvgIpc) is 3.00. The van der Waals surface area contributed by atoms with Crippen LogP contribution >= 0.6 is 11.3 Å². The second-order valence-corrected chi connectivity index (χ2v) is 5.31. The van der Waals surface area contributed by atoms with Crippen molar-refractivity contribution in [1.82, 2.24) is 0 Å². The van der Waals surface area contributed by atoms with Crippen molar-refractivity contribution in [2.75, 3.05) is 7.11 Å². The summed E-state index contributed by atoms with van der Waals surface area (Å²) in [5, 5.41) is 12.4. The first-order valence-electron chi connectivity index (χ1n) is 5.47. The van der Waals surface area contributed by atoms with Crippen molar-refractivity contribution in [1.29, 1.82) is 0 Å². The summed E-state index contributed by atoms with van der Waals surface area (Å²) < 4.78 is 6.57. The van der Waals surface area contributed by atoms with Gasteiger partial charge in [-0.2, -0.15) is 0 Å². The van der Waals surface area contributed by atoms with Gasteiger partial charge in [-0.1, -0.05) is 6.07 Å². The van der Waals surface area contributed by atoms with Gasteiger partial charge in [0.15, 0.2) is 0 Å². The Morgan fingerprint density at radius 1 is 1.41 bits per heavy atom. The maximum absolute atomic E-state index is 11.4. The largest absolute Gasteiger partial charge is 0.496 e. The van der Waals surface area contributed by atoms with Crippen molar-refractivity contribution in [3.8, 4) is 5.75 Å². The van der Waals surface area contributed by atoms with Crippen molar-refractivity contribution >= 4 is 27.4 Å². The Balaban J connectivity index is 2.26. The number of fused-ring (bicyclic) bond motifs is 1. The van der Waals surface area contributed by atoms with E-state index >= 15 is 0 Å². The minimum absolute atomic E-state index is 0.703. The number of benzene rings is 1. The summed E-state index contributed by atoms with van der Waals surface area (Å²) in [7, 11) is 1.61. The molecule has 0 saturated heterocycles. The van der Waals surface area contributed by atoms with Crippen molar-refractivity contribution in [3.63, 3.8) is 0 Å². The number of thiophene rings is 1. The molecule has 1 aromatic carbocycles. The average molecular weight is 248 g/mol. The number of rotatable bonds is 3. The number of aliphatic carboxylic acids is 1. The zero-order chi connectivity index (χ0) is 12.0. The van der Waals surface area contributed by atoms with Gasteiger partial charge in [0.25, 0.3) is 0 Å². The summed E-state index contributed by atoms with van der Waals surface area (Å²) in [6, 6.07) is 5.87. The van der Waals surface area contributed by atoms with Gasteiger partial charge < -0.3 is 9.84 Å². The molecule has 0 spiro atoms. The van der Waals surface area contributed by atoms with Gasteiger partial charge in [0.1, 0.15) is 5.75 Å².